The molecule has 0 radical (unpaired) electrons. The van der Waals surface area contributed by atoms with Gasteiger partial charge in [0, 0.05) is 19.5 Å². The maximum atomic E-state index is 12.4. The van der Waals surface area contributed by atoms with E-state index < -0.39 is 24.0 Å². The van der Waals surface area contributed by atoms with Crippen molar-refractivity contribution in [3.8, 4) is 0 Å². The second-order valence-corrected chi connectivity index (χ2v) is 6.59. The van der Waals surface area contributed by atoms with Gasteiger partial charge in [-0.05, 0) is 6.92 Å². The van der Waals surface area contributed by atoms with E-state index in [1.165, 1.54) is 6.33 Å². The third-order valence-corrected chi connectivity index (χ3v) is 4.85. The van der Waals surface area contributed by atoms with Crippen LogP contribution in [-0.4, -0.2) is 85.6 Å². The van der Waals surface area contributed by atoms with Crippen molar-refractivity contribution >= 4 is 22.9 Å². The van der Waals surface area contributed by atoms with Crippen LogP contribution >= 0.6 is 0 Å². The highest BCUT2D eigenvalue weighted by molar-refractivity contribution is 5.82. The first-order valence-corrected chi connectivity index (χ1v) is 8.86. The fourth-order valence-corrected chi connectivity index (χ4v) is 3.34. The second kappa shape index (κ2) is 7.35. The number of morpholine rings is 1. The van der Waals surface area contributed by atoms with Gasteiger partial charge < -0.3 is 24.6 Å². The Kier molecular flexibility index (Phi) is 4.91. The third-order valence-electron chi connectivity index (χ3n) is 4.85. The molecule has 3 N–H and O–H groups in total. The number of fused-ring (bicyclic) bond motifs is 1. The molecule has 3 atom stereocenters. The number of aliphatic hydroxyl groups is 2. The molecule has 27 heavy (non-hydrogen) atoms. The van der Waals surface area contributed by atoms with Gasteiger partial charge in [-0.3, -0.25) is 14.3 Å². The van der Waals surface area contributed by atoms with E-state index >= 15 is 0 Å². The minimum atomic E-state index is -0.791. The molecular formula is C16H22N6O5. The largest absolute Gasteiger partial charge is 0.394 e. The molecule has 0 amide bonds. The molecule has 0 spiro atoms. The molecule has 146 valence electrons. The van der Waals surface area contributed by atoms with Crippen LogP contribution in [0.2, 0.25) is 0 Å². The first-order valence-electron chi connectivity index (χ1n) is 8.86. The van der Waals surface area contributed by atoms with Gasteiger partial charge in [-0.1, -0.05) is 0 Å². The fraction of sp³-hybridized carbons (Fsp3) is 0.625. The zero-order valence-corrected chi connectivity index (χ0v) is 14.9. The molecular weight excluding hydrogens is 356 g/mol. The lowest BCUT2D eigenvalue weighted by molar-refractivity contribution is -0.0432. The number of imidazole rings is 1. The minimum Gasteiger partial charge on any atom is -0.394 e. The Hall–Kier alpha value is -2.34. The van der Waals surface area contributed by atoms with Crippen molar-refractivity contribution in [2.75, 3.05) is 32.9 Å². The Labute approximate surface area is 154 Å². The van der Waals surface area contributed by atoms with Crippen molar-refractivity contribution in [3.05, 3.63) is 16.7 Å². The highest BCUT2D eigenvalue weighted by Gasteiger charge is 2.35. The molecule has 0 aliphatic carbocycles. The Morgan fingerprint density at radius 3 is 2.93 bits per heavy atom. The molecule has 11 heteroatoms. The van der Waals surface area contributed by atoms with E-state index in [1.54, 1.807) is 4.57 Å². The molecule has 2 saturated heterocycles. The average molecular weight is 378 g/mol. The van der Waals surface area contributed by atoms with E-state index in [1.807, 2.05) is 6.92 Å². The summed E-state index contributed by atoms with van der Waals surface area (Å²) in [6.45, 7) is 4.31. The number of nitrogens with zero attached hydrogens (tertiary/aromatic N) is 5. The fourth-order valence-electron chi connectivity index (χ4n) is 3.34. The maximum Gasteiger partial charge on any atom is 0.280 e. The van der Waals surface area contributed by atoms with Crippen molar-refractivity contribution in [2.45, 2.75) is 31.8 Å². The Balaban J connectivity index is 1.67. The molecule has 2 aromatic rings. The van der Waals surface area contributed by atoms with Crippen LogP contribution in [0.3, 0.4) is 0 Å². The zero-order valence-electron chi connectivity index (χ0n) is 14.9. The molecule has 2 aliphatic heterocycles. The molecule has 4 rings (SSSR count). The summed E-state index contributed by atoms with van der Waals surface area (Å²) in [5.41, 5.74) is 0.0936. The Bertz CT molecular complexity index is 902. The number of aromatic nitrogens is 4. The van der Waals surface area contributed by atoms with Crippen LogP contribution in [0.25, 0.3) is 11.2 Å². The average Bonchev–Trinajstić information content (AvgIpc) is 3.25. The van der Waals surface area contributed by atoms with Crippen molar-refractivity contribution in [1.82, 2.24) is 24.4 Å². The number of aliphatic imine (C=N–C) groups is 1. The molecule has 0 bridgehead atoms. The lowest BCUT2D eigenvalue weighted by atomic mass is 10.2. The van der Waals surface area contributed by atoms with E-state index in [-0.39, 0.29) is 24.5 Å². The summed E-state index contributed by atoms with van der Waals surface area (Å²) in [7, 11) is 0. The zero-order chi connectivity index (χ0) is 19.0. The van der Waals surface area contributed by atoms with Gasteiger partial charge in [0.1, 0.15) is 18.2 Å². The van der Waals surface area contributed by atoms with Crippen LogP contribution in [0.15, 0.2) is 16.1 Å². The quantitative estimate of drug-likeness (QED) is 0.463. The summed E-state index contributed by atoms with van der Waals surface area (Å²) in [5.74, 6) is 0.912. The van der Waals surface area contributed by atoms with Crippen LogP contribution in [-0.2, 0) is 9.47 Å². The van der Waals surface area contributed by atoms with Crippen molar-refractivity contribution in [3.63, 3.8) is 0 Å². The predicted octanol–water partition coefficient (Wildman–Crippen LogP) is -0.858. The molecule has 4 heterocycles. The number of aliphatic hydroxyl groups excluding tert-OH is 2. The first-order chi connectivity index (χ1) is 13.1. The molecule has 2 aliphatic rings. The summed E-state index contributed by atoms with van der Waals surface area (Å²) in [6.07, 6.45) is -0.298. The number of ether oxygens (including phenoxy) is 2. The molecule has 2 fully saturated rings. The standard InChI is InChI=1S/C16H22N6O5/c1-9(21-2-4-26-5-3-21)18-16-19-14-13(15(25)20-16)17-8-22(14)12-6-10(24)11(7-23)27-12/h8,10-12,23-24H,2-7H2,1H3,(H,19,20,25)/t10-,11-,12-/m1/s1. The Morgan fingerprint density at radius 1 is 1.44 bits per heavy atom. The highest BCUT2D eigenvalue weighted by Crippen LogP contribution is 2.30. The van der Waals surface area contributed by atoms with Crippen LogP contribution < -0.4 is 5.56 Å². The predicted molar refractivity (Wildman–Crippen MR) is 94.9 cm³/mol. The van der Waals surface area contributed by atoms with Gasteiger partial charge in [-0.2, -0.15) is 4.98 Å². The third kappa shape index (κ3) is 3.46. The van der Waals surface area contributed by atoms with Crippen LogP contribution in [0.1, 0.15) is 19.6 Å². The summed E-state index contributed by atoms with van der Waals surface area (Å²) in [5, 5.41) is 19.2. The van der Waals surface area contributed by atoms with Gasteiger partial charge in [0.15, 0.2) is 11.2 Å². The van der Waals surface area contributed by atoms with Crippen molar-refractivity contribution in [1.29, 1.82) is 0 Å². The molecule has 0 unspecified atom stereocenters. The van der Waals surface area contributed by atoms with E-state index in [9.17, 15) is 15.0 Å². The molecule has 2 aromatic heterocycles. The van der Waals surface area contributed by atoms with E-state index in [2.05, 4.69) is 24.8 Å². The highest BCUT2D eigenvalue weighted by atomic mass is 16.5. The lowest BCUT2D eigenvalue weighted by Gasteiger charge is -2.28. The van der Waals surface area contributed by atoms with Crippen molar-refractivity contribution in [2.24, 2.45) is 4.99 Å². The monoisotopic (exact) mass is 378 g/mol. The Morgan fingerprint density at radius 2 is 2.22 bits per heavy atom. The van der Waals surface area contributed by atoms with Crippen molar-refractivity contribution < 1.29 is 19.7 Å². The van der Waals surface area contributed by atoms with E-state index in [0.29, 0.717) is 18.9 Å². The van der Waals surface area contributed by atoms with Crippen LogP contribution in [0.4, 0.5) is 5.95 Å². The van der Waals surface area contributed by atoms with Gasteiger partial charge in [-0.25, -0.2) is 9.98 Å². The van der Waals surface area contributed by atoms with E-state index in [0.717, 1.165) is 18.9 Å². The second-order valence-electron chi connectivity index (χ2n) is 6.59. The van der Waals surface area contributed by atoms with Crippen LogP contribution in [0.5, 0.6) is 0 Å². The number of amidine groups is 1. The maximum absolute atomic E-state index is 12.4. The van der Waals surface area contributed by atoms with Gasteiger partial charge in [0.2, 0.25) is 5.95 Å². The number of aromatic amines is 1. The van der Waals surface area contributed by atoms with Gasteiger partial charge >= 0.3 is 0 Å². The van der Waals surface area contributed by atoms with E-state index in [4.69, 9.17) is 9.47 Å². The normalized spacial score (nSPS) is 26.9. The summed E-state index contributed by atoms with van der Waals surface area (Å²) >= 11 is 0. The SMILES string of the molecule is CC(=Nc1nc2c(ncn2[C@H]2C[C@@H](O)[C@@H](CO)O2)c(=O)[nH]1)N1CCOCC1. The van der Waals surface area contributed by atoms with Gasteiger partial charge in [-0.15, -0.1) is 0 Å². The van der Waals surface area contributed by atoms with Gasteiger partial charge in [0.25, 0.3) is 5.56 Å². The smallest absolute Gasteiger partial charge is 0.280 e. The summed E-state index contributed by atoms with van der Waals surface area (Å²) in [6, 6.07) is 0. The van der Waals surface area contributed by atoms with Crippen LogP contribution in [0, 0.1) is 0 Å². The summed E-state index contributed by atoms with van der Waals surface area (Å²) in [4.78, 5) is 30.0. The van der Waals surface area contributed by atoms with Gasteiger partial charge in [0.05, 0.1) is 32.3 Å². The number of nitrogens with one attached hydrogen (secondary N) is 1. The number of H-pyrrole nitrogens is 1. The molecule has 0 saturated carbocycles. The number of rotatable bonds is 3. The topological polar surface area (TPSA) is 138 Å². The number of hydrogen-bond acceptors (Lipinski definition) is 8. The molecule has 0 aromatic carbocycles. The minimum absolute atomic E-state index is 0.170. The first kappa shape index (κ1) is 18.0. The molecule has 11 nitrogen and oxygen atoms in total. The number of hydrogen-bond donors (Lipinski definition) is 3. The summed E-state index contributed by atoms with van der Waals surface area (Å²) < 4.78 is 12.6. The lowest BCUT2D eigenvalue weighted by Crippen LogP contribution is -2.39.